The number of nitrogens with zero attached hydrogens (tertiary/aromatic N) is 4. The van der Waals surface area contributed by atoms with Crippen molar-refractivity contribution in [3.63, 3.8) is 0 Å². The summed E-state index contributed by atoms with van der Waals surface area (Å²) in [5.74, 6) is 3.80. The number of ether oxygens (including phenoxy) is 1. The van der Waals surface area contributed by atoms with Crippen molar-refractivity contribution in [2.24, 2.45) is 23.7 Å². The van der Waals surface area contributed by atoms with Crippen LogP contribution in [-0.2, 0) is 11.2 Å². The van der Waals surface area contributed by atoms with E-state index < -0.39 is 0 Å². The van der Waals surface area contributed by atoms with Gasteiger partial charge in [-0.15, -0.1) is 10.2 Å². The van der Waals surface area contributed by atoms with Gasteiger partial charge in [0.2, 0.25) is 11.8 Å². The standard InChI is InChI=1S/C27H40N4O2/c1-20(2)25-17-23(18-26-28-29-27(33-26)22-8-6-5-7-9-22)21(3)16-24(25)19-31-12-10-30(11-13-31)14-15-32-4/h5-9,16,20,23-25H,10-15,17-19H2,1-4H3/t23-,24-,25-/m0/s1. The highest BCUT2D eigenvalue weighted by Crippen LogP contribution is 2.39. The van der Waals surface area contributed by atoms with Crippen molar-refractivity contribution in [3.8, 4) is 11.5 Å². The molecule has 1 aliphatic heterocycles. The van der Waals surface area contributed by atoms with Crippen molar-refractivity contribution in [2.75, 3.05) is 53.0 Å². The van der Waals surface area contributed by atoms with Gasteiger partial charge >= 0.3 is 0 Å². The maximum absolute atomic E-state index is 6.03. The van der Waals surface area contributed by atoms with Crippen molar-refractivity contribution in [3.05, 3.63) is 47.9 Å². The van der Waals surface area contributed by atoms with Crippen molar-refractivity contribution in [2.45, 2.75) is 33.6 Å². The maximum atomic E-state index is 6.03. The lowest BCUT2D eigenvalue weighted by Crippen LogP contribution is -2.49. The van der Waals surface area contributed by atoms with Gasteiger partial charge in [-0.2, -0.15) is 0 Å². The Labute approximate surface area is 199 Å². The van der Waals surface area contributed by atoms with Gasteiger partial charge in [0, 0.05) is 58.4 Å². The molecular formula is C27H40N4O2. The average molecular weight is 453 g/mol. The lowest BCUT2D eigenvalue weighted by Gasteiger charge is -2.41. The third-order valence-corrected chi connectivity index (χ3v) is 7.54. The number of rotatable bonds is 9. The Morgan fingerprint density at radius 3 is 2.48 bits per heavy atom. The van der Waals surface area contributed by atoms with Gasteiger partial charge in [0.25, 0.3) is 0 Å². The summed E-state index contributed by atoms with van der Waals surface area (Å²) in [5.41, 5.74) is 2.46. The Morgan fingerprint density at radius 1 is 1.06 bits per heavy atom. The monoisotopic (exact) mass is 452 g/mol. The summed E-state index contributed by atoms with van der Waals surface area (Å²) in [6.45, 7) is 14.7. The van der Waals surface area contributed by atoms with Crippen molar-refractivity contribution >= 4 is 0 Å². The second-order valence-electron chi connectivity index (χ2n) is 10.1. The number of methoxy groups -OCH3 is 1. The van der Waals surface area contributed by atoms with Crippen molar-refractivity contribution in [1.29, 1.82) is 0 Å². The first-order valence-electron chi connectivity index (χ1n) is 12.5. The van der Waals surface area contributed by atoms with Crippen LogP contribution in [0.1, 0.15) is 33.1 Å². The van der Waals surface area contributed by atoms with E-state index in [4.69, 9.17) is 9.15 Å². The van der Waals surface area contributed by atoms with Gasteiger partial charge in [0.05, 0.1) is 6.61 Å². The minimum atomic E-state index is 0.476. The van der Waals surface area contributed by atoms with E-state index in [9.17, 15) is 0 Å². The zero-order valence-corrected chi connectivity index (χ0v) is 20.7. The van der Waals surface area contributed by atoms with E-state index in [0.717, 1.165) is 57.2 Å². The van der Waals surface area contributed by atoms with Crippen LogP contribution in [0.4, 0.5) is 0 Å². The minimum absolute atomic E-state index is 0.476. The largest absolute Gasteiger partial charge is 0.421 e. The van der Waals surface area contributed by atoms with Crippen LogP contribution in [0.3, 0.4) is 0 Å². The van der Waals surface area contributed by atoms with Crippen LogP contribution in [0.25, 0.3) is 11.5 Å². The van der Waals surface area contributed by atoms with E-state index >= 15 is 0 Å². The Hall–Kier alpha value is -2.02. The number of piperazine rings is 1. The first-order valence-corrected chi connectivity index (χ1v) is 12.5. The molecule has 180 valence electrons. The van der Waals surface area contributed by atoms with E-state index in [0.29, 0.717) is 29.6 Å². The fraction of sp³-hybridized carbons (Fsp3) is 0.630. The molecule has 2 aromatic rings. The van der Waals surface area contributed by atoms with E-state index in [1.54, 1.807) is 7.11 Å². The predicted octanol–water partition coefficient (Wildman–Crippen LogP) is 4.40. The van der Waals surface area contributed by atoms with Crippen molar-refractivity contribution < 1.29 is 9.15 Å². The van der Waals surface area contributed by atoms with E-state index in [1.165, 1.54) is 18.5 Å². The van der Waals surface area contributed by atoms with Crippen LogP contribution < -0.4 is 0 Å². The molecule has 33 heavy (non-hydrogen) atoms. The normalized spacial score (nSPS) is 24.9. The Balaban J connectivity index is 1.37. The molecule has 0 N–H and O–H groups in total. The molecule has 1 saturated heterocycles. The summed E-state index contributed by atoms with van der Waals surface area (Å²) in [5, 5.41) is 8.66. The highest BCUT2D eigenvalue weighted by Gasteiger charge is 2.34. The molecule has 0 bridgehead atoms. The quantitative estimate of drug-likeness (QED) is 0.526. The molecule has 6 heteroatoms. The third kappa shape index (κ3) is 6.31. The van der Waals surface area contributed by atoms with Crippen LogP contribution in [0.15, 0.2) is 46.4 Å². The molecule has 0 amide bonds. The molecule has 4 rings (SSSR count). The molecule has 2 heterocycles. The van der Waals surface area contributed by atoms with E-state index in [-0.39, 0.29) is 0 Å². The van der Waals surface area contributed by atoms with Gasteiger partial charge in [-0.05, 0) is 49.1 Å². The van der Waals surface area contributed by atoms with E-state index in [2.05, 4.69) is 46.8 Å². The Morgan fingerprint density at radius 2 is 1.79 bits per heavy atom. The molecule has 0 unspecified atom stereocenters. The fourth-order valence-electron chi connectivity index (χ4n) is 5.44. The van der Waals surface area contributed by atoms with Gasteiger partial charge in [0.1, 0.15) is 0 Å². The molecule has 2 aliphatic rings. The second kappa shape index (κ2) is 11.4. The SMILES string of the molecule is COCCN1CCN(C[C@@H]2C=C(C)[C@H](Cc3nnc(-c4ccccc4)o3)C[C@H]2C(C)C)CC1. The number of hydrogen-bond donors (Lipinski definition) is 0. The summed E-state index contributed by atoms with van der Waals surface area (Å²) in [6.07, 6.45) is 4.59. The first kappa shape index (κ1) is 24.1. The molecule has 3 atom stereocenters. The molecule has 0 radical (unpaired) electrons. The smallest absolute Gasteiger partial charge is 0.247 e. The molecule has 1 fully saturated rings. The highest BCUT2D eigenvalue weighted by molar-refractivity contribution is 5.51. The predicted molar refractivity (Wildman–Crippen MR) is 132 cm³/mol. The maximum Gasteiger partial charge on any atom is 0.247 e. The Kier molecular flexibility index (Phi) is 8.34. The van der Waals surface area contributed by atoms with Gasteiger partial charge in [-0.1, -0.05) is 43.7 Å². The molecule has 1 aliphatic carbocycles. The molecule has 0 spiro atoms. The lowest BCUT2D eigenvalue weighted by atomic mass is 9.69. The summed E-state index contributed by atoms with van der Waals surface area (Å²) < 4.78 is 11.3. The zero-order chi connectivity index (χ0) is 23.2. The molecule has 0 saturated carbocycles. The molecule has 1 aromatic carbocycles. The molecule has 1 aromatic heterocycles. The number of benzene rings is 1. The summed E-state index contributed by atoms with van der Waals surface area (Å²) in [4.78, 5) is 5.18. The number of hydrogen-bond acceptors (Lipinski definition) is 6. The Bertz CT molecular complexity index is 887. The second-order valence-corrected chi connectivity index (χ2v) is 10.1. The fourth-order valence-corrected chi connectivity index (χ4v) is 5.44. The van der Waals surface area contributed by atoms with Crippen molar-refractivity contribution in [1.82, 2.24) is 20.0 Å². The van der Waals surface area contributed by atoms with Crippen LogP contribution in [0.5, 0.6) is 0 Å². The minimum Gasteiger partial charge on any atom is -0.421 e. The zero-order valence-electron chi connectivity index (χ0n) is 20.7. The number of allylic oxidation sites excluding steroid dienone is 1. The average Bonchev–Trinajstić information content (AvgIpc) is 3.29. The highest BCUT2D eigenvalue weighted by atomic mass is 16.5. The summed E-state index contributed by atoms with van der Waals surface area (Å²) in [6, 6.07) is 10.0. The van der Waals surface area contributed by atoms with Gasteiger partial charge in [0.15, 0.2) is 0 Å². The summed E-state index contributed by atoms with van der Waals surface area (Å²) in [7, 11) is 1.79. The van der Waals surface area contributed by atoms with Gasteiger partial charge in [-0.3, -0.25) is 4.90 Å². The lowest BCUT2D eigenvalue weighted by molar-refractivity contribution is 0.0798. The van der Waals surface area contributed by atoms with E-state index in [1.807, 2.05) is 30.3 Å². The summed E-state index contributed by atoms with van der Waals surface area (Å²) >= 11 is 0. The third-order valence-electron chi connectivity index (χ3n) is 7.54. The topological polar surface area (TPSA) is 54.6 Å². The van der Waals surface area contributed by atoms with Crippen LogP contribution in [-0.4, -0.2) is 73.0 Å². The van der Waals surface area contributed by atoms with Crippen LogP contribution in [0, 0.1) is 23.7 Å². The number of aromatic nitrogens is 2. The molecular weight excluding hydrogens is 412 g/mol. The van der Waals surface area contributed by atoms with Gasteiger partial charge in [-0.25, -0.2) is 0 Å². The first-order chi connectivity index (χ1) is 16.0. The van der Waals surface area contributed by atoms with Gasteiger partial charge < -0.3 is 14.1 Å². The molecule has 6 nitrogen and oxygen atoms in total. The van der Waals surface area contributed by atoms with Crippen LogP contribution >= 0.6 is 0 Å². The van der Waals surface area contributed by atoms with Crippen LogP contribution in [0.2, 0.25) is 0 Å².